The molecule has 3 N–H and O–H groups in total. The maximum Gasteiger partial charge on any atom is 0.325 e. The van der Waals surface area contributed by atoms with Crippen molar-refractivity contribution in [3.8, 4) is 0 Å². The zero-order chi connectivity index (χ0) is 18.8. The minimum Gasteiger partial charge on any atom is -0.467 e. The lowest BCUT2D eigenvalue weighted by atomic mass is 10.2. The van der Waals surface area contributed by atoms with Crippen molar-refractivity contribution in [3.05, 3.63) is 54.2 Å². The first kappa shape index (κ1) is 16.8. The predicted octanol–water partition coefficient (Wildman–Crippen LogP) is 1.28. The second-order valence-corrected chi connectivity index (χ2v) is 6.19. The van der Waals surface area contributed by atoms with Crippen LogP contribution in [-0.2, 0) is 22.7 Å². The van der Waals surface area contributed by atoms with E-state index in [1.165, 1.54) is 6.26 Å². The van der Waals surface area contributed by atoms with Crippen molar-refractivity contribution in [2.24, 2.45) is 0 Å². The van der Waals surface area contributed by atoms with Crippen molar-refractivity contribution < 1.29 is 18.8 Å². The summed E-state index contributed by atoms with van der Waals surface area (Å²) in [6.07, 6.45) is 1.33. The summed E-state index contributed by atoms with van der Waals surface area (Å²) in [6, 6.07) is 9.48. The second-order valence-electron chi connectivity index (χ2n) is 6.19. The summed E-state index contributed by atoms with van der Waals surface area (Å²) in [5, 5.41) is 5.24. The molecule has 138 valence electrons. The molecule has 1 atom stereocenters. The molecule has 1 fully saturated rings. The maximum absolute atomic E-state index is 12.4. The number of carbonyl (C=O) groups excluding carboxylic acids is 3. The molecule has 9 nitrogen and oxygen atoms in total. The van der Waals surface area contributed by atoms with Gasteiger partial charge >= 0.3 is 6.03 Å². The van der Waals surface area contributed by atoms with Crippen molar-refractivity contribution >= 4 is 28.9 Å². The number of hydrogen-bond donors (Lipinski definition) is 3. The van der Waals surface area contributed by atoms with Gasteiger partial charge in [0, 0.05) is 0 Å². The Morgan fingerprint density at radius 2 is 2.07 bits per heavy atom. The van der Waals surface area contributed by atoms with Gasteiger partial charge < -0.3 is 20.0 Å². The van der Waals surface area contributed by atoms with Crippen molar-refractivity contribution in [2.75, 3.05) is 0 Å². The first-order valence-electron chi connectivity index (χ1n) is 8.45. The molecule has 1 aromatic carbocycles. The number of carbonyl (C=O) groups is 3. The number of imide groups is 1. The summed E-state index contributed by atoms with van der Waals surface area (Å²) in [7, 11) is 0. The number of H-pyrrole nitrogens is 1. The first-order chi connectivity index (χ1) is 13.1. The molecule has 1 aliphatic heterocycles. The Bertz CT molecular complexity index is 961. The molecule has 4 rings (SSSR count). The Morgan fingerprint density at radius 1 is 1.22 bits per heavy atom. The zero-order valence-corrected chi connectivity index (χ0v) is 14.3. The highest BCUT2D eigenvalue weighted by molar-refractivity contribution is 6.05. The van der Waals surface area contributed by atoms with E-state index < -0.39 is 18.0 Å². The number of benzene rings is 1. The molecule has 2 aromatic heterocycles. The van der Waals surface area contributed by atoms with E-state index in [0.717, 1.165) is 15.9 Å². The summed E-state index contributed by atoms with van der Waals surface area (Å²) in [4.78, 5) is 45.0. The number of hydrogen-bond acceptors (Lipinski definition) is 5. The van der Waals surface area contributed by atoms with Gasteiger partial charge in [0.15, 0.2) is 0 Å². The summed E-state index contributed by atoms with van der Waals surface area (Å²) in [5.74, 6) is 0.309. The van der Waals surface area contributed by atoms with Gasteiger partial charge in [-0.05, 0) is 24.3 Å². The van der Waals surface area contributed by atoms with E-state index in [-0.39, 0.29) is 25.4 Å². The van der Waals surface area contributed by atoms with Crippen LogP contribution in [0.3, 0.4) is 0 Å². The number of para-hydroxylation sites is 2. The van der Waals surface area contributed by atoms with Crippen LogP contribution >= 0.6 is 0 Å². The van der Waals surface area contributed by atoms with Gasteiger partial charge in [0.05, 0.1) is 36.8 Å². The molecular weight excluding hydrogens is 350 g/mol. The molecule has 3 heterocycles. The molecule has 0 unspecified atom stereocenters. The minimum atomic E-state index is -0.886. The van der Waals surface area contributed by atoms with Crippen LogP contribution in [0.4, 0.5) is 4.79 Å². The van der Waals surface area contributed by atoms with Crippen molar-refractivity contribution in [1.29, 1.82) is 0 Å². The van der Waals surface area contributed by atoms with E-state index >= 15 is 0 Å². The lowest BCUT2D eigenvalue weighted by molar-refractivity contribution is -0.131. The Morgan fingerprint density at radius 3 is 2.85 bits per heavy atom. The van der Waals surface area contributed by atoms with Crippen LogP contribution in [0.5, 0.6) is 0 Å². The molecule has 27 heavy (non-hydrogen) atoms. The highest BCUT2D eigenvalue weighted by Gasteiger charge is 2.39. The van der Waals surface area contributed by atoms with E-state index in [9.17, 15) is 14.4 Å². The third-order valence-corrected chi connectivity index (χ3v) is 4.28. The SMILES string of the molecule is O=C(C[C@H]1NC(=O)N(Cc2ccco2)C1=O)NCc1nc2ccccc2[nH]1. The standard InChI is InChI=1S/C18H17N5O4/c24-16(19-9-15-20-12-5-1-2-6-13(12)21-15)8-14-17(25)23(18(26)22-14)10-11-4-3-7-27-11/h1-7,14H,8-10H2,(H,19,24)(H,20,21)(H,22,26)/t14-/m1/s1. The van der Waals surface area contributed by atoms with E-state index in [1.807, 2.05) is 24.3 Å². The fourth-order valence-corrected chi connectivity index (χ4v) is 2.95. The molecule has 1 aliphatic rings. The van der Waals surface area contributed by atoms with Crippen LogP contribution in [0.1, 0.15) is 18.0 Å². The summed E-state index contributed by atoms with van der Waals surface area (Å²) >= 11 is 0. The highest BCUT2D eigenvalue weighted by Crippen LogP contribution is 2.14. The van der Waals surface area contributed by atoms with Crippen molar-refractivity contribution in [2.45, 2.75) is 25.6 Å². The number of aromatic amines is 1. The number of nitrogens with zero attached hydrogens (tertiary/aromatic N) is 2. The van der Waals surface area contributed by atoms with Crippen LogP contribution in [0, 0.1) is 0 Å². The lowest BCUT2D eigenvalue weighted by Crippen LogP contribution is -2.36. The number of furan rings is 1. The lowest BCUT2D eigenvalue weighted by Gasteiger charge is -2.11. The number of nitrogens with one attached hydrogen (secondary N) is 3. The summed E-state index contributed by atoms with van der Waals surface area (Å²) < 4.78 is 5.16. The van der Waals surface area contributed by atoms with Crippen LogP contribution in [0.15, 0.2) is 47.1 Å². The van der Waals surface area contributed by atoms with Gasteiger partial charge in [-0.25, -0.2) is 9.78 Å². The molecular formula is C18H17N5O4. The van der Waals surface area contributed by atoms with Gasteiger partial charge in [0.1, 0.15) is 17.6 Å². The van der Waals surface area contributed by atoms with E-state index in [1.54, 1.807) is 12.1 Å². The summed E-state index contributed by atoms with van der Waals surface area (Å²) in [5.41, 5.74) is 1.70. The molecule has 0 bridgehead atoms. The third-order valence-electron chi connectivity index (χ3n) is 4.28. The molecule has 4 amide bonds. The molecule has 9 heteroatoms. The average molecular weight is 367 g/mol. The minimum absolute atomic E-state index is 0.0365. The molecule has 1 saturated heterocycles. The van der Waals surface area contributed by atoms with Gasteiger partial charge in [-0.3, -0.25) is 14.5 Å². The Labute approximate surface area is 153 Å². The van der Waals surface area contributed by atoms with Crippen LogP contribution in [-0.4, -0.2) is 38.8 Å². The molecule has 0 spiro atoms. The number of aromatic nitrogens is 2. The number of rotatable bonds is 6. The molecule has 3 aromatic rings. The third kappa shape index (κ3) is 3.52. The predicted molar refractivity (Wildman–Crippen MR) is 94.1 cm³/mol. The number of urea groups is 1. The van der Waals surface area contributed by atoms with E-state index in [0.29, 0.717) is 11.6 Å². The fourth-order valence-electron chi connectivity index (χ4n) is 2.95. The van der Waals surface area contributed by atoms with Crippen molar-refractivity contribution in [1.82, 2.24) is 25.5 Å². The Balaban J connectivity index is 1.32. The summed E-state index contributed by atoms with van der Waals surface area (Å²) in [6.45, 7) is 0.243. The average Bonchev–Trinajstić information content (AvgIpc) is 3.36. The van der Waals surface area contributed by atoms with Gasteiger partial charge in [0.25, 0.3) is 5.91 Å². The fraction of sp³-hybridized carbons (Fsp3) is 0.222. The Hall–Kier alpha value is -3.62. The topological polar surface area (TPSA) is 120 Å². The second kappa shape index (κ2) is 6.94. The van der Waals surface area contributed by atoms with E-state index in [4.69, 9.17) is 4.42 Å². The van der Waals surface area contributed by atoms with Crippen molar-refractivity contribution in [3.63, 3.8) is 0 Å². The number of fused-ring (bicyclic) bond motifs is 1. The molecule has 0 saturated carbocycles. The van der Waals surface area contributed by atoms with Crippen LogP contribution in [0.25, 0.3) is 11.0 Å². The zero-order valence-electron chi connectivity index (χ0n) is 14.3. The van der Waals surface area contributed by atoms with Crippen LogP contribution in [0.2, 0.25) is 0 Å². The van der Waals surface area contributed by atoms with Gasteiger partial charge in [-0.2, -0.15) is 0 Å². The number of imidazole rings is 1. The smallest absolute Gasteiger partial charge is 0.325 e. The van der Waals surface area contributed by atoms with Gasteiger partial charge in [-0.15, -0.1) is 0 Å². The molecule has 0 radical (unpaired) electrons. The highest BCUT2D eigenvalue weighted by atomic mass is 16.3. The monoisotopic (exact) mass is 367 g/mol. The van der Waals surface area contributed by atoms with Gasteiger partial charge in [0.2, 0.25) is 5.91 Å². The first-order valence-corrected chi connectivity index (χ1v) is 8.45. The Kier molecular flexibility index (Phi) is 4.33. The van der Waals surface area contributed by atoms with Gasteiger partial charge in [-0.1, -0.05) is 12.1 Å². The number of amides is 4. The quantitative estimate of drug-likeness (QED) is 0.567. The maximum atomic E-state index is 12.4. The van der Waals surface area contributed by atoms with Crippen LogP contribution < -0.4 is 10.6 Å². The van der Waals surface area contributed by atoms with E-state index in [2.05, 4.69) is 20.6 Å². The normalized spacial score (nSPS) is 16.7. The largest absolute Gasteiger partial charge is 0.467 e. The molecule has 0 aliphatic carbocycles.